The van der Waals surface area contributed by atoms with E-state index in [4.69, 9.17) is 0 Å². The summed E-state index contributed by atoms with van der Waals surface area (Å²) in [7, 11) is 3.03. The first-order valence-electron chi connectivity index (χ1n) is 8.95. The Morgan fingerprint density at radius 2 is 1.68 bits per heavy atom. The van der Waals surface area contributed by atoms with Gasteiger partial charge >= 0.3 is 0 Å². The van der Waals surface area contributed by atoms with E-state index in [9.17, 15) is 13.2 Å². The van der Waals surface area contributed by atoms with Gasteiger partial charge in [-0.1, -0.05) is 30.3 Å². The molecule has 0 saturated carbocycles. The van der Waals surface area contributed by atoms with E-state index in [-0.39, 0.29) is 23.4 Å². The molecule has 0 spiro atoms. The van der Waals surface area contributed by atoms with Crippen molar-refractivity contribution < 1.29 is 13.2 Å². The van der Waals surface area contributed by atoms with Crippen molar-refractivity contribution in [2.45, 2.75) is 17.9 Å². The van der Waals surface area contributed by atoms with E-state index in [0.29, 0.717) is 5.69 Å². The maximum Gasteiger partial charge on any atom is 0.242 e. The van der Waals surface area contributed by atoms with Crippen LogP contribution in [-0.4, -0.2) is 53.4 Å². The molecule has 0 unspecified atom stereocenters. The predicted molar refractivity (Wildman–Crippen MR) is 113 cm³/mol. The second-order valence-corrected chi connectivity index (χ2v) is 9.07. The molecule has 0 saturated heterocycles. The number of benzene rings is 2. The molecule has 8 heteroatoms. The normalized spacial score (nSPS) is 12.6. The fourth-order valence-corrected chi connectivity index (χ4v) is 3.60. The third kappa shape index (κ3) is 5.31. The van der Waals surface area contributed by atoms with Gasteiger partial charge in [-0.25, -0.2) is 12.7 Å². The molecule has 0 fully saturated rings. The molecule has 0 aliphatic heterocycles. The molecular formula is C20H28N4O3S. The third-order valence-corrected chi connectivity index (χ3v) is 6.18. The van der Waals surface area contributed by atoms with Crippen molar-refractivity contribution in [3.05, 3.63) is 54.1 Å². The summed E-state index contributed by atoms with van der Waals surface area (Å²) in [6.07, 6.45) is 0. The van der Waals surface area contributed by atoms with Crippen molar-refractivity contribution >= 4 is 27.3 Å². The van der Waals surface area contributed by atoms with Gasteiger partial charge in [0.2, 0.25) is 15.9 Å². The molecule has 7 nitrogen and oxygen atoms in total. The van der Waals surface area contributed by atoms with Gasteiger partial charge in [0, 0.05) is 34.2 Å². The monoisotopic (exact) mass is 404 g/mol. The van der Waals surface area contributed by atoms with Crippen LogP contribution in [0.3, 0.4) is 0 Å². The SMILES string of the molecule is C[C@@H](NCC(=O)Nc1cc(S(=O)(=O)N(C)C)ccc1N(C)C)c1ccccc1. The van der Waals surface area contributed by atoms with E-state index < -0.39 is 10.0 Å². The maximum absolute atomic E-state index is 12.5. The zero-order valence-electron chi connectivity index (χ0n) is 16.9. The van der Waals surface area contributed by atoms with Crippen LogP contribution in [0.1, 0.15) is 18.5 Å². The zero-order chi connectivity index (χ0) is 20.9. The number of nitrogens with one attached hydrogen (secondary N) is 2. The van der Waals surface area contributed by atoms with Crippen LogP contribution >= 0.6 is 0 Å². The summed E-state index contributed by atoms with van der Waals surface area (Å²) in [5, 5.41) is 6.00. The van der Waals surface area contributed by atoms with Crippen LogP contribution in [0.4, 0.5) is 11.4 Å². The highest BCUT2D eigenvalue weighted by Gasteiger charge is 2.20. The van der Waals surface area contributed by atoms with E-state index in [1.807, 2.05) is 56.3 Å². The van der Waals surface area contributed by atoms with Gasteiger partial charge in [-0.3, -0.25) is 4.79 Å². The molecule has 0 aliphatic carbocycles. The Morgan fingerprint density at radius 1 is 1.04 bits per heavy atom. The van der Waals surface area contributed by atoms with Gasteiger partial charge in [0.05, 0.1) is 22.8 Å². The number of hydrogen-bond donors (Lipinski definition) is 2. The second kappa shape index (κ2) is 9.18. The topological polar surface area (TPSA) is 81.8 Å². The van der Waals surface area contributed by atoms with E-state index in [2.05, 4.69) is 10.6 Å². The standard InChI is InChI=1S/C20H28N4O3S/c1-15(16-9-7-6-8-10-16)21-14-20(25)22-18-13-17(28(26,27)24(4)5)11-12-19(18)23(2)3/h6-13,15,21H,14H2,1-5H3,(H,22,25)/t15-/m1/s1. The summed E-state index contributed by atoms with van der Waals surface area (Å²) in [6.45, 7) is 2.09. The maximum atomic E-state index is 12.5. The Kier molecular flexibility index (Phi) is 7.17. The predicted octanol–water partition coefficient (Wildman–Crippen LogP) is 2.29. The Labute approximate surface area is 167 Å². The highest BCUT2D eigenvalue weighted by atomic mass is 32.2. The van der Waals surface area contributed by atoms with Crippen LogP contribution < -0.4 is 15.5 Å². The fraction of sp³-hybridized carbons (Fsp3) is 0.350. The Balaban J connectivity index is 2.15. The first-order valence-corrected chi connectivity index (χ1v) is 10.4. The van der Waals surface area contributed by atoms with Crippen LogP contribution in [0.2, 0.25) is 0 Å². The Morgan fingerprint density at radius 3 is 2.25 bits per heavy atom. The van der Waals surface area contributed by atoms with Gasteiger partial charge < -0.3 is 15.5 Å². The van der Waals surface area contributed by atoms with E-state index >= 15 is 0 Å². The largest absolute Gasteiger partial charge is 0.376 e. The molecule has 152 valence electrons. The van der Waals surface area contributed by atoms with Crippen molar-refractivity contribution in [3.63, 3.8) is 0 Å². The van der Waals surface area contributed by atoms with Crippen molar-refractivity contribution in [2.75, 3.05) is 45.0 Å². The van der Waals surface area contributed by atoms with Crippen LogP contribution in [0, 0.1) is 0 Å². The number of rotatable bonds is 8. The molecule has 2 N–H and O–H groups in total. The quantitative estimate of drug-likeness (QED) is 0.706. The summed E-state index contributed by atoms with van der Waals surface area (Å²) in [6, 6.07) is 14.6. The lowest BCUT2D eigenvalue weighted by molar-refractivity contribution is -0.115. The molecular weight excluding hydrogens is 376 g/mol. The minimum Gasteiger partial charge on any atom is -0.376 e. The fourth-order valence-electron chi connectivity index (χ4n) is 2.68. The van der Waals surface area contributed by atoms with Crippen LogP contribution in [0.25, 0.3) is 0 Å². The lowest BCUT2D eigenvalue weighted by Crippen LogP contribution is -2.30. The number of carbonyl (C=O) groups is 1. The number of sulfonamides is 1. The Hall–Kier alpha value is -2.42. The van der Waals surface area contributed by atoms with Gasteiger partial charge in [-0.2, -0.15) is 0 Å². The molecule has 0 aliphatic rings. The van der Waals surface area contributed by atoms with E-state index in [0.717, 1.165) is 15.6 Å². The van der Waals surface area contributed by atoms with Gasteiger partial charge in [0.1, 0.15) is 0 Å². The molecule has 1 atom stereocenters. The number of amides is 1. The van der Waals surface area contributed by atoms with Crippen molar-refractivity contribution in [1.82, 2.24) is 9.62 Å². The van der Waals surface area contributed by atoms with Gasteiger partial charge in [-0.05, 0) is 30.7 Å². The molecule has 1 amide bonds. The van der Waals surface area contributed by atoms with Crippen molar-refractivity contribution in [1.29, 1.82) is 0 Å². The molecule has 2 rings (SSSR count). The summed E-state index contributed by atoms with van der Waals surface area (Å²) in [5.41, 5.74) is 2.26. The number of carbonyl (C=O) groups excluding carboxylic acids is 1. The van der Waals surface area contributed by atoms with E-state index in [1.54, 1.807) is 6.07 Å². The molecule has 28 heavy (non-hydrogen) atoms. The van der Waals surface area contributed by atoms with Crippen molar-refractivity contribution in [2.24, 2.45) is 0 Å². The average molecular weight is 405 g/mol. The zero-order valence-corrected chi connectivity index (χ0v) is 17.7. The van der Waals surface area contributed by atoms with E-state index in [1.165, 1.54) is 26.2 Å². The molecule has 0 aromatic heterocycles. The van der Waals surface area contributed by atoms with Gasteiger partial charge in [-0.15, -0.1) is 0 Å². The summed E-state index contributed by atoms with van der Waals surface area (Å²) < 4.78 is 26.0. The summed E-state index contributed by atoms with van der Waals surface area (Å²) in [5.74, 6) is -0.245. The molecule has 2 aromatic rings. The Bertz CT molecular complexity index is 912. The van der Waals surface area contributed by atoms with Gasteiger partial charge in [0.25, 0.3) is 0 Å². The summed E-state index contributed by atoms with van der Waals surface area (Å²) >= 11 is 0. The molecule has 0 heterocycles. The lowest BCUT2D eigenvalue weighted by Gasteiger charge is -2.20. The molecule has 0 bridgehead atoms. The third-order valence-electron chi connectivity index (χ3n) is 4.37. The minimum atomic E-state index is -3.59. The number of nitrogens with zero attached hydrogens (tertiary/aromatic N) is 2. The second-order valence-electron chi connectivity index (χ2n) is 6.92. The molecule has 2 aromatic carbocycles. The first kappa shape index (κ1) is 21.9. The van der Waals surface area contributed by atoms with Crippen LogP contribution in [-0.2, 0) is 14.8 Å². The smallest absolute Gasteiger partial charge is 0.242 e. The minimum absolute atomic E-state index is 0.0146. The van der Waals surface area contributed by atoms with Crippen LogP contribution in [0.15, 0.2) is 53.4 Å². The van der Waals surface area contributed by atoms with Gasteiger partial charge in [0.15, 0.2) is 0 Å². The van der Waals surface area contributed by atoms with Crippen LogP contribution in [0.5, 0.6) is 0 Å². The highest BCUT2D eigenvalue weighted by molar-refractivity contribution is 7.89. The average Bonchev–Trinajstić information content (AvgIpc) is 2.66. The lowest BCUT2D eigenvalue weighted by atomic mass is 10.1. The number of hydrogen-bond acceptors (Lipinski definition) is 5. The van der Waals surface area contributed by atoms with Crippen molar-refractivity contribution in [3.8, 4) is 0 Å². The summed E-state index contributed by atoms with van der Waals surface area (Å²) in [4.78, 5) is 14.4. The molecule has 0 radical (unpaired) electrons. The first-order chi connectivity index (χ1) is 13.1. The number of anilines is 2. The highest BCUT2D eigenvalue weighted by Crippen LogP contribution is 2.28.